The molecule has 132 valence electrons. The fourth-order valence-electron chi connectivity index (χ4n) is 2.43. The van der Waals surface area contributed by atoms with Crippen molar-refractivity contribution in [2.45, 2.75) is 6.54 Å². The number of fused-ring (bicyclic) bond motifs is 1. The van der Waals surface area contributed by atoms with Crippen LogP contribution in [-0.4, -0.2) is 21.5 Å². The van der Waals surface area contributed by atoms with E-state index in [9.17, 15) is 9.18 Å². The standard InChI is InChI=1S/C17H16FN7O/c18-13-4-2-1-3-10(13)8-25-9-22-14-7-11(5-6-12(14)15(25)26)23-17(21)24-16(19)20/h1-7,9H,8H2,(H6,19,20,21,23,24). The molecule has 26 heavy (non-hydrogen) atoms. The van der Waals surface area contributed by atoms with E-state index in [1.54, 1.807) is 36.4 Å². The van der Waals surface area contributed by atoms with Crippen LogP contribution in [0.5, 0.6) is 0 Å². The van der Waals surface area contributed by atoms with E-state index in [-0.39, 0.29) is 29.8 Å². The molecule has 0 spiro atoms. The summed E-state index contributed by atoms with van der Waals surface area (Å²) in [6.07, 6.45) is 1.37. The van der Waals surface area contributed by atoms with Crippen LogP contribution in [0, 0.1) is 5.82 Å². The Bertz CT molecular complexity index is 1080. The van der Waals surface area contributed by atoms with Crippen LogP contribution >= 0.6 is 0 Å². The predicted octanol–water partition coefficient (Wildman–Crippen LogP) is 0.804. The normalized spacial score (nSPS) is 11.5. The Hall–Kier alpha value is -3.75. The first-order chi connectivity index (χ1) is 12.4. The summed E-state index contributed by atoms with van der Waals surface area (Å²) in [5, 5.41) is 0.378. The minimum absolute atomic E-state index is 0.0891. The molecular weight excluding hydrogens is 337 g/mol. The second-order valence-corrected chi connectivity index (χ2v) is 5.48. The highest BCUT2D eigenvalue weighted by Crippen LogP contribution is 2.17. The molecule has 0 aliphatic heterocycles. The van der Waals surface area contributed by atoms with Gasteiger partial charge in [0.15, 0.2) is 5.96 Å². The zero-order valence-electron chi connectivity index (χ0n) is 13.6. The molecule has 2 aromatic carbocycles. The summed E-state index contributed by atoms with van der Waals surface area (Å²) in [6, 6.07) is 11.0. The maximum atomic E-state index is 13.8. The van der Waals surface area contributed by atoms with Gasteiger partial charge in [-0.1, -0.05) is 18.2 Å². The van der Waals surface area contributed by atoms with Gasteiger partial charge < -0.3 is 17.2 Å². The Morgan fingerprint density at radius 2 is 1.92 bits per heavy atom. The van der Waals surface area contributed by atoms with E-state index in [4.69, 9.17) is 17.2 Å². The van der Waals surface area contributed by atoms with Crippen molar-refractivity contribution in [3.05, 3.63) is 70.5 Å². The molecule has 9 heteroatoms. The first-order valence-corrected chi connectivity index (χ1v) is 7.60. The van der Waals surface area contributed by atoms with Crippen molar-refractivity contribution in [1.29, 1.82) is 0 Å². The summed E-state index contributed by atoms with van der Waals surface area (Å²) < 4.78 is 15.1. The van der Waals surface area contributed by atoms with Crippen molar-refractivity contribution in [1.82, 2.24) is 9.55 Å². The van der Waals surface area contributed by atoms with Gasteiger partial charge >= 0.3 is 0 Å². The van der Waals surface area contributed by atoms with Crippen molar-refractivity contribution in [3.8, 4) is 0 Å². The number of guanidine groups is 2. The first kappa shape index (κ1) is 17.1. The zero-order chi connectivity index (χ0) is 18.7. The minimum Gasteiger partial charge on any atom is -0.370 e. The molecule has 0 saturated carbocycles. The fourth-order valence-corrected chi connectivity index (χ4v) is 2.43. The summed E-state index contributed by atoms with van der Waals surface area (Å²) in [5.41, 5.74) is 17.0. The molecule has 0 aliphatic carbocycles. The van der Waals surface area contributed by atoms with Gasteiger partial charge in [0.05, 0.1) is 29.5 Å². The Morgan fingerprint density at radius 1 is 1.15 bits per heavy atom. The molecule has 1 aromatic heterocycles. The van der Waals surface area contributed by atoms with Gasteiger partial charge in [0.2, 0.25) is 5.96 Å². The van der Waals surface area contributed by atoms with Crippen LogP contribution in [0.25, 0.3) is 10.9 Å². The Balaban J connectivity index is 1.98. The topological polar surface area (TPSA) is 138 Å². The van der Waals surface area contributed by atoms with E-state index in [2.05, 4.69) is 15.0 Å². The molecule has 3 aromatic rings. The molecule has 8 nitrogen and oxygen atoms in total. The Morgan fingerprint density at radius 3 is 2.65 bits per heavy atom. The third-order valence-electron chi connectivity index (χ3n) is 3.59. The van der Waals surface area contributed by atoms with Crippen molar-refractivity contribution in [2.24, 2.45) is 27.2 Å². The number of hydrogen-bond acceptors (Lipinski definition) is 3. The smallest absolute Gasteiger partial charge is 0.261 e. The first-order valence-electron chi connectivity index (χ1n) is 7.60. The molecule has 6 N–H and O–H groups in total. The molecule has 0 saturated heterocycles. The summed E-state index contributed by atoms with van der Waals surface area (Å²) in [7, 11) is 0. The van der Waals surface area contributed by atoms with Crippen LogP contribution in [0.1, 0.15) is 5.56 Å². The van der Waals surface area contributed by atoms with Crippen molar-refractivity contribution in [3.63, 3.8) is 0 Å². The summed E-state index contributed by atoms with van der Waals surface area (Å²) in [5.74, 6) is -0.696. The van der Waals surface area contributed by atoms with E-state index >= 15 is 0 Å². The van der Waals surface area contributed by atoms with Crippen molar-refractivity contribution < 1.29 is 4.39 Å². The molecule has 0 atom stereocenters. The summed E-state index contributed by atoms with van der Waals surface area (Å²) in [6.45, 7) is 0.0891. The lowest BCUT2D eigenvalue weighted by molar-refractivity contribution is 0.595. The van der Waals surface area contributed by atoms with Crippen LogP contribution in [0.4, 0.5) is 10.1 Å². The highest BCUT2D eigenvalue weighted by molar-refractivity contribution is 5.94. The molecule has 0 radical (unpaired) electrons. The van der Waals surface area contributed by atoms with E-state index in [0.717, 1.165) is 0 Å². The van der Waals surface area contributed by atoms with Crippen LogP contribution in [-0.2, 0) is 6.54 Å². The number of nitrogens with two attached hydrogens (primary N) is 3. The molecule has 0 fully saturated rings. The van der Waals surface area contributed by atoms with Gasteiger partial charge in [-0.25, -0.2) is 14.4 Å². The highest BCUT2D eigenvalue weighted by atomic mass is 19.1. The van der Waals surface area contributed by atoms with Crippen LogP contribution in [0.15, 0.2) is 63.6 Å². The summed E-state index contributed by atoms with van der Waals surface area (Å²) in [4.78, 5) is 24.5. The molecule has 1 heterocycles. The maximum absolute atomic E-state index is 13.8. The SMILES string of the molecule is NC(N)=NC(N)=Nc1ccc2c(=O)n(Cc3ccccc3F)cnc2c1. The molecule has 0 aliphatic rings. The van der Waals surface area contributed by atoms with Crippen LogP contribution in [0.3, 0.4) is 0 Å². The second-order valence-electron chi connectivity index (χ2n) is 5.48. The van der Waals surface area contributed by atoms with E-state index in [1.807, 2.05) is 0 Å². The zero-order valence-corrected chi connectivity index (χ0v) is 13.6. The Labute approximate surface area is 147 Å². The van der Waals surface area contributed by atoms with Gasteiger partial charge in [-0.3, -0.25) is 9.36 Å². The predicted molar refractivity (Wildman–Crippen MR) is 98.6 cm³/mol. The summed E-state index contributed by atoms with van der Waals surface area (Å²) >= 11 is 0. The average Bonchev–Trinajstić information content (AvgIpc) is 2.58. The lowest BCUT2D eigenvalue weighted by atomic mass is 10.2. The average molecular weight is 353 g/mol. The van der Waals surface area contributed by atoms with Crippen LogP contribution < -0.4 is 22.8 Å². The van der Waals surface area contributed by atoms with Gasteiger partial charge in [-0.05, 0) is 24.3 Å². The third-order valence-corrected chi connectivity index (χ3v) is 3.59. The van der Waals surface area contributed by atoms with Crippen LogP contribution in [0.2, 0.25) is 0 Å². The van der Waals surface area contributed by atoms with E-state index < -0.39 is 0 Å². The minimum atomic E-state index is -0.376. The number of hydrogen-bond donors (Lipinski definition) is 3. The largest absolute Gasteiger partial charge is 0.370 e. The number of rotatable bonds is 3. The van der Waals surface area contributed by atoms with Gasteiger partial charge in [-0.2, -0.15) is 4.99 Å². The number of aliphatic imine (C=N–C) groups is 2. The van der Waals surface area contributed by atoms with Crippen molar-refractivity contribution >= 4 is 28.5 Å². The number of aromatic nitrogens is 2. The maximum Gasteiger partial charge on any atom is 0.261 e. The fraction of sp³-hybridized carbons (Fsp3) is 0.0588. The lowest BCUT2D eigenvalue weighted by Gasteiger charge is -2.08. The van der Waals surface area contributed by atoms with Gasteiger partial charge in [0, 0.05) is 5.56 Å². The van der Waals surface area contributed by atoms with Gasteiger partial charge in [0.1, 0.15) is 5.82 Å². The molecule has 0 bridgehead atoms. The molecule has 0 amide bonds. The van der Waals surface area contributed by atoms with Gasteiger partial charge in [0.25, 0.3) is 5.56 Å². The quantitative estimate of drug-likeness (QED) is 0.472. The number of nitrogens with zero attached hydrogens (tertiary/aromatic N) is 4. The Kier molecular flexibility index (Phi) is 4.61. The molecule has 0 unspecified atom stereocenters. The second kappa shape index (κ2) is 7.01. The number of benzene rings is 2. The molecule has 3 rings (SSSR count). The third kappa shape index (κ3) is 3.66. The number of halogens is 1. The molecular formula is C17H16FN7O. The van der Waals surface area contributed by atoms with Crippen molar-refractivity contribution in [2.75, 3.05) is 0 Å². The monoisotopic (exact) mass is 353 g/mol. The van der Waals surface area contributed by atoms with Gasteiger partial charge in [-0.15, -0.1) is 0 Å². The highest BCUT2D eigenvalue weighted by Gasteiger charge is 2.08. The van der Waals surface area contributed by atoms with E-state index in [0.29, 0.717) is 22.2 Å². The lowest BCUT2D eigenvalue weighted by Crippen LogP contribution is -2.26. The van der Waals surface area contributed by atoms with E-state index in [1.165, 1.54) is 17.0 Å².